The number of nitrogens with one attached hydrogen (secondary N) is 1. The van der Waals surface area contributed by atoms with Crippen LogP contribution in [0.1, 0.15) is 18.2 Å². The van der Waals surface area contributed by atoms with Crippen LogP contribution in [0.4, 0.5) is 0 Å². The van der Waals surface area contributed by atoms with Crippen LogP contribution < -0.4 is 5.32 Å². The molecule has 0 aliphatic carbocycles. The highest BCUT2D eigenvalue weighted by atomic mass is 32.1. The van der Waals surface area contributed by atoms with Crippen LogP contribution in [0.15, 0.2) is 24.4 Å². The second-order valence-electron chi connectivity index (χ2n) is 4.55. The van der Waals surface area contributed by atoms with Crippen LogP contribution in [0.2, 0.25) is 0 Å². The number of hydrogen-bond acceptors (Lipinski definition) is 4. The van der Waals surface area contributed by atoms with Crippen LogP contribution in [0, 0.1) is 6.92 Å². The molecule has 110 valence electrons. The Morgan fingerprint density at radius 1 is 1.48 bits per heavy atom. The van der Waals surface area contributed by atoms with Crippen molar-refractivity contribution >= 4 is 35.2 Å². The van der Waals surface area contributed by atoms with E-state index < -0.39 is 11.8 Å². The van der Waals surface area contributed by atoms with Gasteiger partial charge in [-0.3, -0.25) is 24.5 Å². The topological polar surface area (TPSA) is 67.2 Å². The molecular weight excluding hydrogens is 288 g/mol. The third kappa shape index (κ3) is 2.92. The fourth-order valence-corrected chi connectivity index (χ4v) is 2.23. The van der Waals surface area contributed by atoms with E-state index in [1.807, 2.05) is 13.8 Å². The average Bonchev–Trinajstić information content (AvgIpc) is 2.80. The monoisotopic (exact) mass is 304 g/mol. The summed E-state index contributed by atoms with van der Waals surface area (Å²) in [5.41, 5.74) is 1.54. The largest absolute Gasteiger partial charge is 0.298 e. The molecule has 1 saturated heterocycles. The lowest BCUT2D eigenvalue weighted by molar-refractivity contribution is -0.128. The zero-order chi connectivity index (χ0) is 15.6. The molecule has 1 aromatic heterocycles. The van der Waals surface area contributed by atoms with Crippen molar-refractivity contribution in [3.05, 3.63) is 35.7 Å². The standard InChI is InChI=1S/C14H16N4O2S/c1-4-6-18-13(20)11(12(19)15-14(18)21)7-10-8-17(5-2)16-9(10)3/h4,7-8H,1,5-6H2,2-3H3,(H,15,19,21). The molecular formula is C14H16N4O2S. The molecule has 0 bridgehead atoms. The fraction of sp³-hybridized carbons (Fsp3) is 0.286. The minimum absolute atomic E-state index is 0.0456. The van der Waals surface area contributed by atoms with Gasteiger partial charge in [-0.25, -0.2) is 0 Å². The summed E-state index contributed by atoms with van der Waals surface area (Å²) in [7, 11) is 0. The number of carbonyl (C=O) groups excluding carboxylic acids is 2. The lowest BCUT2D eigenvalue weighted by Gasteiger charge is -2.27. The van der Waals surface area contributed by atoms with E-state index in [2.05, 4.69) is 17.0 Å². The molecule has 2 heterocycles. The Balaban J connectivity index is 2.40. The summed E-state index contributed by atoms with van der Waals surface area (Å²) in [5.74, 6) is -0.916. The molecule has 0 aromatic carbocycles. The highest BCUT2D eigenvalue weighted by Crippen LogP contribution is 2.16. The second kappa shape index (κ2) is 6.01. The summed E-state index contributed by atoms with van der Waals surface area (Å²) in [6, 6.07) is 0. The predicted molar refractivity (Wildman–Crippen MR) is 83.3 cm³/mol. The van der Waals surface area contributed by atoms with Crippen molar-refractivity contribution in [2.24, 2.45) is 0 Å². The number of nitrogens with zero attached hydrogens (tertiary/aromatic N) is 3. The first-order chi connectivity index (χ1) is 9.97. The predicted octanol–water partition coefficient (Wildman–Crippen LogP) is 1.02. The molecule has 1 fully saturated rings. The highest BCUT2D eigenvalue weighted by molar-refractivity contribution is 7.80. The van der Waals surface area contributed by atoms with Crippen molar-refractivity contribution in [1.82, 2.24) is 20.0 Å². The first kappa shape index (κ1) is 15.1. The Kier molecular flexibility index (Phi) is 4.32. The third-order valence-corrected chi connectivity index (χ3v) is 3.43. The minimum Gasteiger partial charge on any atom is -0.298 e. The van der Waals surface area contributed by atoms with Crippen molar-refractivity contribution in [2.75, 3.05) is 6.54 Å². The lowest BCUT2D eigenvalue weighted by Crippen LogP contribution is -2.53. The Morgan fingerprint density at radius 3 is 2.76 bits per heavy atom. The van der Waals surface area contributed by atoms with E-state index in [0.29, 0.717) is 0 Å². The molecule has 6 nitrogen and oxygen atoms in total. The van der Waals surface area contributed by atoms with Gasteiger partial charge in [-0.2, -0.15) is 5.10 Å². The van der Waals surface area contributed by atoms with E-state index in [4.69, 9.17) is 12.2 Å². The van der Waals surface area contributed by atoms with Crippen LogP contribution in [-0.4, -0.2) is 38.2 Å². The molecule has 1 aromatic rings. The number of aryl methyl sites for hydroxylation is 2. The Hall–Kier alpha value is -2.28. The van der Waals surface area contributed by atoms with Crippen LogP contribution in [0.5, 0.6) is 0 Å². The van der Waals surface area contributed by atoms with Gasteiger partial charge in [0.15, 0.2) is 5.11 Å². The zero-order valence-electron chi connectivity index (χ0n) is 11.9. The van der Waals surface area contributed by atoms with Gasteiger partial charge >= 0.3 is 0 Å². The number of carbonyl (C=O) groups is 2. The van der Waals surface area contributed by atoms with Crippen molar-refractivity contribution in [2.45, 2.75) is 20.4 Å². The summed E-state index contributed by atoms with van der Waals surface area (Å²) in [4.78, 5) is 25.7. The van der Waals surface area contributed by atoms with Crippen LogP contribution in [0.3, 0.4) is 0 Å². The summed E-state index contributed by atoms with van der Waals surface area (Å²) < 4.78 is 1.75. The molecule has 1 aliphatic heterocycles. The van der Waals surface area contributed by atoms with Gasteiger partial charge in [0.1, 0.15) is 5.57 Å². The van der Waals surface area contributed by atoms with E-state index in [1.165, 1.54) is 4.90 Å². The number of aromatic nitrogens is 2. The highest BCUT2D eigenvalue weighted by Gasteiger charge is 2.32. The molecule has 0 atom stereocenters. The number of hydrogen-bond donors (Lipinski definition) is 1. The van der Waals surface area contributed by atoms with Gasteiger partial charge in [0.25, 0.3) is 11.8 Å². The van der Waals surface area contributed by atoms with E-state index in [1.54, 1.807) is 23.0 Å². The lowest BCUT2D eigenvalue weighted by atomic mass is 10.1. The van der Waals surface area contributed by atoms with Gasteiger partial charge in [0, 0.05) is 24.8 Å². The summed E-state index contributed by atoms with van der Waals surface area (Å²) in [5, 5.41) is 6.90. The first-order valence-corrected chi connectivity index (χ1v) is 6.92. The van der Waals surface area contributed by atoms with Crippen LogP contribution in [-0.2, 0) is 16.1 Å². The molecule has 2 rings (SSSR count). The SMILES string of the molecule is C=CCN1C(=O)C(=Cc2cn(CC)nc2C)C(=O)NC1=S. The smallest absolute Gasteiger partial charge is 0.265 e. The van der Waals surface area contributed by atoms with Crippen molar-refractivity contribution in [3.8, 4) is 0 Å². The molecule has 0 unspecified atom stereocenters. The van der Waals surface area contributed by atoms with Gasteiger partial charge < -0.3 is 0 Å². The Bertz CT molecular complexity index is 660. The maximum atomic E-state index is 12.4. The second-order valence-corrected chi connectivity index (χ2v) is 4.93. The summed E-state index contributed by atoms with van der Waals surface area (Å²) in [6.07, 6.45) is 4.90. The van der Waals surface area contributed by atoms with Crippen LogP contribution >= 0.6 is 12.2 Å². The molecule has 0 radical (unpaired) electrons. The molecule has 0 saturated carbocycles. The van der Waals surface area contributed by atoms with E-state index in [9.17, 15) is 9.59 Å². The molecule has 2 amide bonds. The molecule has 21 heavy (non-hydrogen) atoms. The maximum Gasteiger partial charge on any atom is 0.265 e. The Morgan fingerprint density at radius 2 is 2.19 bits per heavy atom. The Labute approximate surface area is 128 Å². The van der Waals surface area contributed by atoms with Gasteiger partial charge in [0.05, 0.1) is 5.69 Å². The van der Waals surface area contributed by atoms with Crippen molar-refractivity contribution in [3.63, 3.8) is 0 Å². The maximum absolute atomic E-state index is 12.4. The van der Waals surface area contributed by atoms with Gasteiger partial charge in [-0.1, -0.05) is 6.08 Å². The van der Waals surface area contributed by atoms with Gasteiger partial charge in [-0.05, 0) is 32.1 Å². The van der Waals surface area contributed by atoms with E-state index in [0.717, 1.165) is 17.8 Å². The van der Waals surface area contributed by atoms with Gasteiger partial charge in [0.2, 0.25) is 0 Å². The molecule has 7 heteroatoms. The fourth-order valence-electron chi connectivity index (χ4n) is 1.98. The summed E-state index contributed by atoms with van der Waals surface area (Å²) >= 11 is 4.99. The quantitative estimate of drug-likeness (QED) is 0.390. The average molecular weight is 304 g/mol. The van der Waals surface area contributed by atoms with E-state index in [-0.39, 0.29) is 17.2 Å². The number of thiocarbonyl (C=S) groups is 1. The zero-order valence-corrected chi connectivity index (χ0v) is 12.7. The minimum atomic E-state index is -0.492. The van der Waals surface area contributed by atoms with E-state index >= 15 is 0 Å². The molecule has 0 spiro atoms. The van der Waals surface area contributed by atoms with Crippen LogP contribution in [0.25, 0.3) is 6.08 Å². The van der Waals surface area contributed by atoms with Crippen molar-refractivity contribution in [1.29, 1.82) is 0 Å². The van der Waals surface area contributed by atoms with Gasteiger partial charge in [-0.15, -0.1) is 6.58 Å². The number of amides is 2. The normalized spacial score (nSPS) is 17.3. The molecule has 1 aliphatic rings. The molecule has 1 N–H and O–H groups in total. The summed E-state index contributed by atoms with van der Waals surface area (Å²) in [6.45, 7) is 8.35. The third-order valence-electron chi connectivity index (χ3n) is 3.11. The first-order valence-electron chi connectivity index (χ1n) is 6.51. The number of rotatable bonds is 4. The van der Waals surface area contributed by atoms with Crippen molar-refractivity contribution < 1.29 is 9.59 Å².